The number of ketones is 1. The van der Waals surface area contributed by atoms with E-state index in [0.29, 0.717) is 31.1 Å². The van der Waals surface area contributed by atoms with Gasteiger partial charge in [-0.1, -0.05) is 25.1 Å². The average Bonchev–Trinajstić information content (AvgIpc) is 2.76. The summed E-state index contributed by atoms with van der Waals surface area (Å²) in [6.45, 7) is 2.72. The quantitative estimate of drug-likeness (QED) is 0.771. The molecule has 0 saturated heterocycles. The maximum Gasteiger partial charge on any atom is 0.137 e. The maximum absolute atomic E-state index is 11.9. The molecule has 0 spiro atoms. The predicted molar refractivity (Wildman–Crippen MR) is 72.8 cm³/mol. The molecule has 1 atom stereocenters. The summed E-state index contributed by atoms with van der Waals surface area (Å²) in [5.41, 5.74) is 4.09. The molecule has 2 rings (SSSR count). The Morgan fingerprint density at radius 1 is 1.33 bits per heavy atom. The molecule has 2 heteroatoms. The Bertz CT molecular complexity index is 423. The minimum absolute atomic E-state index is 0.317. The lowest BCUT2D eigenvalue weighted by atomic mass is 9.98. The van der Waals surface area contributed by atoms with E-state index >= 15 is 0 Å². The third-order valence-corrected chi connectivity index (χ3v) is 3.59. The molecule has 0 bridgehead atoms. The second-order valence-electron chi connectivity index (χ2n) is 5.44. The van der Waals surface area contributed by atoms with Gasteiger partial charge in [0.25, 0.3) is 0 Å². The van der Waals surface area contributed by atoms with E-state index in [-0.39, 0.29) is 0 Å². The van der Waals surface area contributed by atoms with Crippen LogP contribution in [0.2, 0.25) is 0 Å². The van der Waals surface area contributed by atoms with Crippen LogP contribution in [-0.2, 0) is 28.8 Å². The first-order chi connectivity index (χ1) is 8.69. The molecule has 0 N–H and O–H groups in total. The van der Waals surface area contributed by atoms with Crippen molar-refractivity contribution in [2.45, 2.75) is 39.0 Å². The maximum atomic E-state index is 11.9. The van der Waals surface area contributed by atoms with Crippen molar-refractivity contribution in [2.24, 2.45) is 5.92 Å². The molecular formula is C16H22O2. The van der Waals surface area contributed by atoms with Gasteiger partial charge in [-0.05, 0) is 41.9 Å². The van der Waals surface area contributed by atoms with Crippen LogP contribution < -0.4 is 0 Å². The summed E-state index contributed by atoms with van der Waals surface area (Å²) in [7, 11) is 1.68. The Morgan fingerprint density at radius 2 is 2.11 bits per heavy atom. The van der Waals surface area contributed by atoms with Crippen LogP contribution in [0.1, 0.15) is 36.5 Å². The van der Waals surface area contributed by atoms with Crippen molar-refractivity contribution in [3.8, 4) is 0 Å². The number of benzene rings is 1. The normalized spacial score (nSPS) is 15.4. The Morgan fingerprint density at radius 3 is 2.89 bits per heavy atom. The van der Waals surface area contributed by atoms with Gasteiger partial charge in [-0.3, -0.25) is 4.79 Å². The second-order valence-corrected chi connectivity index (χ2v) is 5.44. The summed E-state index contributed by atoms with van der Waals surface area (Å²) in [5, 5.41) is 0. The van der Waals surface area contributed by atoms with Crippen molar-refractivity contribution in [3.05, 3.63) is 34.9 Å². The van der Waals surface area contributed by atoms with E-state index in [4.69, 9.17) is 4.74 Å². The van der Waals surface area contributed by atoms with Gasteiger partial charge >= 0.3 is 0 Å². The number of Topliss-reactive ketones (excluding diaryl/α,β-unsaturated/α-hetero) is 1. The molecule has 0 aliphatic heterocycles. The van der Waals surface area contributed by atoms with Gasteiger partial charge in [0.1, 0.15) is 5.78 Å². The van der Waals surface area contributed by atoms with Crippen LogP contribution in [0.5, 0.6) is 0 Å². The topological polar surface area (TPSA) is 26.3 Å². The molecule has 0 amide bonds. The lowest BCUT2D eigenvalue weighted by Gasteiger charge is -2.09. The summed E-state index contributed by atoms with van der Waals surface area (Å²) in [4.78, 5) is 11.9. The number of fused-ring (bicyclic) bond motifs is 1. The van der Waals surface area contributed by atoms with Crippen LogP contribution in [0.3, 0.4) is 0 Å². The van der Waals surface area contributed by atoms with E-state index < -0.39 is 0 Å². The van der Waals surface area contributed by atoms with Gasteiger partial charge < -0.3 is 4.74 Å². The zero-order valence-electron chi connectivity index (χ0n) is 11.4. The van der Waals surface area contributed by atoms with Crippen LogP contribution in [0.15, 0.2) is 18.2 Å². The summed E-state index contributed by atoms with van der Waals surface area (Å²) < 4.78 is 5.06. The number of hydrogen-bond acceptors (Lipinski definition) is 2. The van der Waals surface area contributed by atoms with Gasteiger partial charge in [-0.15, -0.1) is 0 Å². The smallest absolute Gasteiger partial charge is 0.137 e. The zero-order chi connectivity index (χ0) is 13.0. The molecule has 0 radical (unpaired) electrons. The highest BCUT2D eigenvalue weighted by molar-refractivity contribution is 5.81. The van der Waals surface area contributed by atoms with Crippen molar-refractivity contribution < 1.29 is 9.53 Å². The lowest BCUT2D eigenvalue weighted by molar-refractivity contribution is -0.119. The summed E-state index contributed by atoms with van der Waals surface area (Å²) in [6, 6.07) is 6.54. The largest absolute Gasteiger partial charge is 0.384 e. The fourth-order valence-corrected chi connectivity index (χ4v) is 2.77. The van der Waals surface area contributed by atoms with E-state index in [2.05, 4.69) is 25.1 Å². The number of hydrogen-bond donors (Lipinski definition) is 0. The molecule has 1 aliphatic carbocycles. The van der Waals surface area contributed by atoms with Gasteiger partial charge in [0, 0.05) is 26.6 Å². The Labute approximate surface area is 109 Å². The van der Waals surface area contributed by atoms with Crippen LogP contribution >= 0.6 is 0 Å². The van der Waals surface area contributed by atoms with Crippen molar-refractivity contribution in [3.63, 3.8) is 0 Å². The van der Waals surface area contributed by atoms with Gasteiger partial charge in [-0.2, -0.15) is 0 Å². The van der Waals surface area contributed by atoms with Crippen molar-refractivity contribution in [1.82, 2.24) is 0 Å². The highest BCUT2D eigenvalue weighted by Gasteiger charge is 2.13. The third-order valence-electron chi connectivity index (χ3n) is 3.59. The molecule has 0 aromatic heterocycles. The SMILES string of the molecule is COCC(C)CC(=O)Cc1ccc2c(c1)CCC2. The number of aryl methyl sites for hydroxylation is 2. The lowest BCUT2D eigenvalue weighted by Crippen LogP contribution is -2.12. The van der Waals surface area contributed by atoms with Crippen molar-refractivity contribution in [2.75, 3.05) is 13.7 Å². The van der Waals surface area contributed by atoms with Crippen LogP contribution in [0.4, 0.5) is 0 Å². The van der Waals surface area contributed by atoms with Crippen molar-refractivity contribution in [1.29, 1.82) is 0 Å². The molecule has 1 aliphatic rings. The highest BCUT2D eigenvalue weighted by atomic mass is 16.5. The molecule has 98 valence electrons. The molecule has 1 aromatic carbocycles. The third kappa shape index (κ3) is 3.42. The number of carbonyl (C=O) groups is 1. The van der Waals surface area contributed by atoms with Crippen LogP contribution in [0, 0.1) is 5.92 Å². The first kappa shape index (κ1) is 13.3. The van der Waals surface area contributed by atoms with Crippen LogP contribution in [-0.4, -0.2) is 19.5 Å². The van der Waals surface area contributed by atoms with E-state index in [9.17, 15) is 4.79 Å². The highest BCUT2D eigenvalue weighted by Crippen LogP contribution is 2.23. The number of methoxy groups -OCH3 is 1. The first-order valence-corrected chi connectivity index (χ1v) is 6.80. The molecule has 1 aromatic rings. The van der Waals surface area contributed by atoms with E-state index in [1.54, 1.807) is 7.11 Å². The number of ether oxygens (including phenoxy) is 1. The summed E-state index contributed by atoms with van der Waals surface area (Å²) >= 11 is 0. The molecule has 2 nitrogen and oxygen atoms in total. The Kier molecular flexibility index (Phi) is 4.54. The minimum atomic E-state index is 0.317. The zero-order valence-corrected chi connectivity index (χ0v) is 11.4. The number of carbonyl (C=O) groups excluding carboxylic acids is 1. The number of rotatable bonds is 6. The van der Waals surface area contributed by atoms with Crippen LogP contribution in [0.25, 0.3) is 0 Å². The van der Waals surface area contributed by atoms with E-state index in [1.807, 2.05) is 0 Å². The van der Waals surface area contributed by atoms with Gasteiger partial charge in [0.15, 0.2) is 0 Å². The molecular weight excluding hydrogens is 224 g/mol. The Hall–Kier alpha value is -1.15. The van der Waals surface area contributed by atoms with Crippen molar-refractivity contribution >= 4 is 5.78 Å². The predicted octanol–water partition coefficient (Wildman–Crippen LogP) is 2.96. The Balaban J connectivity index is 1.91. The van der Waals surface area contributed by atoms with Gasteiger partial charge in [0.05, 0.1) is 0 Å². The molecule has 0 fully saturated rings. The fourth-order valence-electron chi connectivity index (χ4n) is 2.77. The van der Waals surface area contributed by atoms with Gasteiger partial charge in [-0.25, -0.2) is 0 Å². The second kappa shape index (κ2) is 6.14. The molecule has 0 saturated carbocycles. The average molecular weight is 246 g/mol. The van der Waals surface area contributed by atoms with Gasteiger partial charge in [0.2, 0.25) is 0 Å². The minimum Gasteiger partial charge on any atom is -0.384 e. The summed E-state index contributed by atoms with van der Waals surface area (Å²) in [5.74, 6) is 0.634. The molecule has 0 heterocycles. The van der Waals surface area contributed by atoms with E-state index in [1.165, 1.54) is 36.0 Å². The fraction of sp³-hybridized carbons (Fsp3) is 0.562. The molecule has 18 heavy (non-hydrogen) atoms. The first-order valence-electron chi connectivity index (χ1n) is 6.80. The monoisotopic (exact) mass is 246 g/mol. The summed E-state index contributed by atoms with van der Waals surface area (Å²) in [6.07, 6.45) is 4.83. The van der Waals surface area contributed by atoms with E-state index in [0.717, 1.165) is 0 Å². The molecule has 1 unspecified atom stereocenters. The standard InChI is InChI=1S/C16H22O2/c1-12(11-18-2)8-16(17)10-13-6-7-14-4-3-5-15(14)9-13/h6-7,9,12H,3-5,8,10-11H2,1-2H3.